The number of hydrogen-bond donors (Lipinski definition) is 0. The Morgan fingerprint density at radius 1 is 1.67 bits per heavy atom. The van der Waals surface area contributed by atoms with Gasteiger partial charge in [-0.2, -0.15) is 5.26 Å². The van der Waals surface area contributed by atoms with E-state index in [1.54, 1.807) is 0 Å². The molecule has 64 valence electrons. The molecule has 0 heterocycles. The highest BCUT2D eigenvalue weighted by molar-refractivity contribution is 6.18. The second-order valence-electron chi connectivity index (χ2n) is 2.99. The van der Waals surface area contributed by atoms with Crippen LogP contribution in [0.4, 0.5) is 0 Å². The van der Waals surface area contributed by atoms with Gasteiger partial charge >= 0.3 is 0 Å². The van der Waals surface area contributed by atoms with Crippen LogP contribution < -0.4 is 0 Å². The van der Waals surface area contributed by atoms with Crippen LogP contribution >= 0.6 is 11.6 Å². The van der Waals surface area contributed by atoms with Crippen LogP contribution in [-0.2, 0) is 0 Å². The van der Waals surface area contributed by atoms with Crippen LogP contribution in [0.2, 0.25) is 0 Å². The normalized spacial score (nSPS) is 20.9. The molecule has 0 radical (unpaired) electrons. The molecule has 12 heavy (non-hydrogen) atoms. The predicted molar refractivity (Wildman–Crippen MR) is 50.9 cm³/mol. The van der Waals surface area contributed by atoms with E-state index in [0.717, 1.165) is 18.4 Å². The smallest absolute Gasteiger partial charge is 0.0820 e. The molecule has 1 nitrogen and oxygen atoms in total. The average molecular weight is 182 g/mol. The topological polar surface area (TPSA) is 23.8 Å². The van der Waals surface area contributed by atoms with Gasteiger partial charge in [0.05, 0.1) is 11.5 Å². The van der Waals surface area contributed by atoms with Crippen LogP contribution in [0.3, 0.4) is 0 Å². The number of alkyl halides is 1. The second kappa shape index (κ2) is 3.78. The van der Waals surface area contributed by atoms with E-state index in [0.29, 0.717) is 5.88 Å². The molecule has 0 N–H and O–H groups in total. The zero-order valence-corrected chi connectivity index (χ0v) is 7.93. The molecule has 0 amide bonds. The largest absolute Gasteiger partial charge is 0.197 e. The van der Waals surface area contributed by atoms with Crippen molar-refractivity contribution < 1.29 is 0 Å². The lowest BCUT2D eigenvalue weighted by Crippen LogP contribution is -1.98. The Bertz CT molecular complexity index is 254. The summed E-state index contributed by atoms with van der Waals surface area (Å²) in [5.74, 6) is 0.513. The minimum atomic E-state index is -0.169. The zero-order valence-electron chi connectivity index (χ0n) is 7.18. The van der Waals surface area contributed by atoms with E-state index in [1.165, 1.54) is 0 Å². The van der Waals surface area contributed by atoms with Crippen molar-refractivity contribution in [3.63, 3.8) is 0 Å². The van der Waals surface area contributed by atoms with Gasteiger partial charge in [-0.15, -0.1) is 11.6 Å². The van der Waals surface area contributed by atoms with Gasteiger partial charge in [-0.3, -0.25) is 0 Å². The van der Waals surface area contributed by atoms with E-state index in [4.69, 9.17) is 16.9 Å². The molecule has 0 unspecified atom stereocenters. The third kappa shape index (κ3) is 1.70. The Morgan fingerprint density at radius 2 is 2.33 bits per heavy atom. The Balaban J connectivity index is 2.72. The fourth-order valence-electron chi connectivity index (χ4n) is 1.29. The molecule has 0 aromatic rings. The minimum absolute atomic E-state index is 0.169. The quantitative estimate of drug-likeness (QED) is 0.485. The van der Waals surface area contributed by atoms with Crippen LogP contribution in [-0.4, -0.2) is 5.88 Å². The fraction of sp³-hybridized carbons (Fsp3) is 0.500. The van der Waals surface area contributed by atoms with E-state index in [2.05, 4.69) is 6.07 Å². The number of nitriles is 1. The number of halogens is 1. The zero-order chi connectivity index (χ0) is 9.03. The van der Waals surface area contributed by atoms with Crippen LogP contribution in [0.25, 0.3) is 0 Å². The molecule has 0 spiro atoms. The lowest BCUT2D eigenvalue weighted by atomic mass is 9.97. The summed E-state index contributed by atoms with van der Waals surface area (Å²) in [5.41, 5.74) is 0.947. The summed E-state index contributed by atoms with van der Waals surface area (Å²) < 4.78 is 0. The van der Waals surface area contributed by atoms with Crippen molar-refractivity contribution in [3.05, 3.63) is 23.8 Å². The Kier molecular flexibility index (Phi) is 2.94. The van der Waals surface area contributed by atoms with Crippen molar-refractivity contribution in [2.45, 2.75) is 19.8 Å². The van der Waals surface area contributed by atoms with Crippen molar-refractivity contribution in [1.82, 2.24) is 0 Å². The maximum absolute atomic E-state index is 8.90. The van der Waals surface area contributed by atoms with Crippen LogP contribution in [0, 0.1) is 16.7 Å². The summed E-state index contributed by atoms with van der Waals surface area (Å²) in [4.78, 5) is 0. The third-order valence-corrected chi connectivity index (χ3v) is 2.39. The lowest BCUT2D eigenvalue weighted by molar-refractivity contribution is 0.826. The van der Waals surface area contributed by atoms with Gasteiger partial charge in [-0.05, 0) is 25.3 Å². The van der Waals surface area contributed by atoms with E-state index in [9.17, 15) is 0 Å². The molecule has 1 saturated carbocycles. The summed E-state index contributed by atoms with van der Waals surface area (Å²) in [6.45, 7) is 1.96. The van der Waals surface area contributed by atoms with Gasteiger partial charge in [0.15, 0.2) is 0 Å². The highest BCUT2D eigenvalue weighted by atomic mass is 35.5. The van der Waals surface area contributed by atoms with Gasteiger partial charge in [-0.25, -0.2) is 0 Å². The van der Waals surface area contributed by atoms with Gasteiger partial charge in [0.25, 0.3) is 0 Å². The van der Waals surface area contributed by atoms with E-state index >= 15 is 0 Å². The van der Waals surface area contributed by atoms with E-state index in [1.807, 2.05) is 25.2 Å². The monoisotopic (exact) mass is 181 g/mol. The van der Waals surface area contributed by atoms with Crippen molar-refractivity contribution >= 4 is 11.6 Å². The summed E-state index contributed by atoms with van der Waals surface area (Å²) >= 11 is 5.52. The molecule has 0 bridgehead atoms. The van der Waals surface area contributed by atoms with Crippen molar-refractivity contribution in [2.75, 3.05) is 5.88 Å². The molecule has 1 aliphatic carbocycles. The molecule has 0 saturated heterocycles. The molecular weight excluding hydrogens is 170 g/mol. The first-order valence-electron chi connectivity index (χ1n) is 4.09. The molecule has 0 aliphatic heterocycles. The van der Waals surface area contributed by atoms with Gasteiger partial charge < -0.3 is 0 Å². The molecule has 0 atom stereocenters. The highest BCUT2D eigenvalue weighted by Gasteiger charge is 2.45. The van der Waals surface area contributed by atoms with Gasteiger partial charge in [0.1, 0.15) is 0 Å². The summed E-state index contributed by atoms with van der Waals surface area (Å²) in [6.07, 6.45) is 7.84. The van der Waals surface area contributed by atoms with Crippen LogP contribution in [0.15, 0.2) is 23.8 Å². The molecule has 0 aromatic carbocycles. The van der Waals surface area contributed by atoms with Crippen molar-refractivity contribution in [1.29, 1.82) is 5.26 Å². The maximum Gasteiger partial charge on any atom is 0.0820 e. The fourth-order valence-corrected chi connectivity index (χ4v) is 1.38. The third-order valence-electron chi connectivity index (χ3n) is 2.21. The Hall–Kier alpha value is -0.740. The Morgan fingerprint density at radius 3 is 2.67 bits per heavy atom. The molecular formula is C10H12ClN. The molecule has 2 heteroatoms. The number of allylic oxidation sites excluding steroid dienone is 4. The summed E-state index contributed by atoms with van der Waals surface area (Å²) in [5, 5.41) is 8.90. The lowest BCUT2D eigenvalue weighted by Gasteiger charge is -2.05. The number of hydrogen-bond acceptors (Lipinski definition) is 1. The van der Waals surface area contributed by atoms with Crippen LogP contribution in [0.5, 0.6) is 0 Å². The van der Waals surface area contributed by atoms with Gasteiger partial charge in [0, 0.05) is 5.88 Å². The molecule has 1 rings (SSSR count). The first kappa shape index (κ1) is 9.35. The SMILES string of the molecule is C/C=C(\C=C/CCl)C1(C#N)CC1. The standard InChI is InChI=1S/C10H12ClN/c1-2-9(4-3-7-11)10(8-12)5-6-10/h2-4H,5-7H2,1H3/b4-3-,9-2+. The van der Waals surface area contributed by atoms with Crippen molar-refractivity contribution in [3.8, 4) is 6.07 Å². The highest BCUT2D eigenvalue weighted by Crippen LogP contribution is 2.51. The van der Waals surface area contributed by atoms with Crippen molar-refractivity contribution in [2.24, 2.45) is 5.41 Å². The molecule has 0 aromatic heterocycles. The van der Waals surface area contributed by atoms with Crippen LogP contribution in [0.1, 0.15) is 19.8 Å². The minimum Gasteiger partial charge on any atom is -0.197 e. The van der Waals surface area contributed by atoms with Gasteiger partial charge in [0.2, 0.25) is 0 Å². The first-order valence-corrected chi connectivity index (χ1v) is 4.63. The number of nitrogens with zero attached hydrogens (tertiary/aromatic N) is 1. The molecule has 1 fully saturated rings. The van der Waals surface area contributed by atoms with E-state index in [-0.39, 0.29) is 5.41 Å². The maximum atomic E-state index is 8.90. The average Bonchev–Trinajstić information content (AvgIpc) is 2.87. The Labute approximate surface area is 78.3 Å². The summed E-state index contributed by atoms with van der Waals surface area (Å²) in [7, 11) is 0. The second-order valence-corrected chi connectivity index (χ2v) is 3.30. The number of rotatable bonds is 3. The summed E-state index contributed by atoms with van der Waals surface area (Å²) in [6, 6.07) is 2.35. The van der Waals surface area contributed by atoms with Gasteiger partial charge in [-0.1, -0.05) is 18.2 Å². The van der Waals surface area contributed by atoms with E-state index < -0.39 is 0 Å². The predicted octanol–water partition coefficient (Wildman–Crippen LogP) is 3.03. The first-order chi connectivity index (χ1) is 5.79. The molecule has 1 aliphatic rings.